The number of para-hydroxylation sites is 1. The van der Waals surface area contributed by atoms with Crippen LogP contribution in [0.5, 0.6) is 5.75 Å². The summed E-state index contributed by atoms with van der Waals surface area (Å²) in [5.41, 5.74) is 0.609. The number of phenolic OH excluding ortho intramolecular Hbond substituents is 1. The number of aliphatic carboxylic acids is 1. The highest BCUT2D eigenvalue weighted by Crippen LogP contribution is 2.22. The molecular weight excluding hydrogens is 258 g/mol. The van der Waals surface area contributed by atoms with Gasteiger partial charge in [-0.25, -0.2) is 0 Å². The number of benzene rings is 1. The van der Waals surface area contributed by atoms with E-state index in [2.05, 4.69) is 0 Å². The Morgan fingerprint density at radius 3 is 2.75 bits per heavy atom. The molecule has 0 spiro atoms. The number of amides is 1. The molecule has 1 fully saturated rings. The number of phenols is 1. The van der Waals surface area contributed by atoms with E-state index in [1.165, 1.54) is 0 Å². The third-order valence-corrected chi connectivity index (χ3v) is 3.67. The maximum absolute atomic E-state index is 12.2. The van der Waals surface area contributed by atoms with Crippen LogP contribution in [-0.4, -0.2) is 40.1 Å². The third-order valence-electron chi connectivity index (χ3n) is 3.67. The van der Waals surface area contributed by atoms with Gasteiger partial charge < -0.3 is 15.1 Å². The number of hydrogen-bond acceptors (Lipinski definition) is 3. The van der Waals surface area contributed by atoms with Crippen molar-refractivity contribution >= 4 is 11.9 Å². The Kier molecular flexibility index (Phi) is 4.61. The van der Waals surface area contributed by atoms with Gasteiger partial charge in [0.2, 0.25) is 5.91 Å². The summed E-state index contributed by atoms with van der Waals surface area (Å²) in [5.74, 6) is -0.707. The summed E-state index contributed by atoms with van der Waals surface area (Å²) < 4.78 is 0. The summed E-state index contributed by atoms with van der Waals surface area (Å²) in [6.45, 7) is 1.17. The molecule has 1 saturated heterocycles. The van der Waals surface area contributed by atoms with Crippen LogP contribution in [0.2, 0.25) is 0 Å². The largest absolute Gasteiger partial charge is 0.508 e. The molecule has 0 saturated carbocycles. The molecule has 0 aromatic heterocycles. The molecule has 0 bridgehead atoms. The number of carboxylic acid groups (broad SMARTS) is 1. The van der Waals surface area contributed by atoms with Crippen LogP contribution in [0.3, 0.4) is 0 Å². The second kappa shape index (κ2) is 6.41. The first-order valence-corrected chi connectivity index (χ1v) is 6.82. The van der Waals surface area contributed by atoms with E-state index in [1.54, 1.807) is 29.2 Å². The second-order valence-electron chi connectivity index (χ2n) is 5.25. The summed E-state index contributed by atoms with van der Waals surface area (Å²) in [7, 11) is 0. The molecular formula is C15H19NO4. The van der Waals surface area contributed by atoms with Gasteiger partial charge in [0.15, 0.2) is 0 Å². The van der Waals surface area contributed by atoms with Gasteiger partial charge in [0.25, 0.3) is 0 Å². The van der Waals surface area contributed by atoms with Crippen LogP contribution in [0.25, 0.3) is 0 Å². The SMILES string of the molecule is O=C(O)CC1CCCN(C(=O)Cc2ccccc2O)C1. The molecule has 1 heterocycles. The molecule has 0 aliphatic carbocycles. The van der Waals surface area contributed by atoms with Crippen LogP contribution in [0, 0.1) is 5.92 Å². The van der Waals surface area contributed by atoms with Crippen molar-refractivity contribution in [3.05, 3.63) is 29.8 Å². The lowest BCUT2D eigenvalue weighted by atomic mass is 9.94. The van der Waals surface area contributed by atoms with Gasteiger partial charge in [-0.2, -0.15) is 0 Å². The zero-order chi connectivity index (χ0) is 14.5. The summed E-state index contributed by atoms with van der Waals surface area (Å²) in [4.78, 5) is 24.7. The first-order chi connectivity index (χ1) is 9.56. The van der Waals surface area contributed by atoms with Gasteiger partial charge in [-0.15, -0.1) is 0 Å². The van der Waals surface area contributed by atoms with Crippen molar-refractivity contribution in [1.29, 1.82) is 0 Å². The summed E-state index contributed by atoms with van der Waals surface area (Å²) >= 11 is 0. The second-order valence-corrected chi connectivity index (χ2v) is 5.25. The van der Waals surface area contributed by atoms with Crippen molar-refractivity contribution in [3.63, 3.8) is 0 Å². The lowest BCUT2D eigenvalue weighted by Crippen LogP contribution is -2.41. The van der Waals surface area contributed by atoms with Gasteiger partial charge in [-0.3, -0.25) is 9.59 Å². The average Bonchev–Trinajstić information content (AvgIpc) is 2.41. The van der Waals surface area contributed by atoms with E-state index >= 15 is 0 Å². The maximum Gasteiger partial charge on any atom is 0.303 e. The van der Waals surface area contributed by atoms with Crippen LogP contribution < -0.4 is 0 Å². The molecule has 0 radical (unpaired) electrons. The molecule has 1 unspecified atom stereocenters. The van der Waals surface area contributed by atoms with Gasteiger partial charge in [0.1, 0.15) is 5.75 Å². The zero-order valence-electron chi connectivity index (χ0n) is 11.3. The molecule has 5 heteroatoms. The van der Waals surface area contributed by atoms with E-state index < -0.39 is 5.97 Å². The Bertz CT molecular complexity index is 500. The van der Waals surface area contributed by atoms with Crippen LogP contribution in [0.4, 0.5) is 0 Å². The Balaban J connectivity index is 1.95. The third kappa shape index (κ3) is 3.73. The minimum Gasteiger partial charge on any atom is -0.508 e. The highest BCUT2D eigenvalue weighted by atomic mass is 16.4. The highest BCUT2D eigenvalue weighted by molar-refractivity contribution is 5.79. The summed E-state index contributed by atoms with van der Waals surface area (Å²) in [6.07, 6.45) is 1.96. The number of nitrogens with zero attached hydrogens (tertiary/aromatic N) is 1. The van der Waals surface area contributed by atoms with Gasteiger partial charge >= 0.3 is 5.97 Å². The van der Waals surface area contributed by atoms with Crippen LogP contribution in [0.1, 0.15) is 24.8 Å². The molecule has 108 valence electrons. The number of carbonyl (C=O) groups is 2. The number of hydrogen-bond donors (Lipinski definition) is 2. The standard InChI is InChI=1S/C15H19NO4/c17-13-6-2-1-5-12(13)9-14(18)16-7-3-4-11(10-16)8-15(19)20/h1-2,5-6,11,17H,3-4,7-10H2,(H,19,20). The number of piperidine rings is 1. The number of aromatic hydroxyl groups is 1. The normalized spacial score (nSPS) is 18.8. The molecule has 5 nitrogen and oxygen atoms in total. The van der Waals surface area contributed by atoms with Crippen molar-refractivity contribution in [2.24, 2.45) is 5.92 Å². The topological polar surface area (TPSA) is 77.8 Å². The Morgan fingerprint density at radius 1 is 1.30 bits per heavy atom. The minimum absolute atomic E-state index is 0.0366. The predicted octanol–water partition coefficient (Wildman–Crippen LogP) is 1.65. The molecule has 2 rings (SSSR count). The molecule has 2 N–H and O–H groups in total. The average molecular weight is 277 g/mol. The lowest BCUT2D eigenvalue weighted by molar-refractivity contribution is -0.140. The number of rotatable bonds is 4. The van der Waals surface area contributed by atoms with E-state index in [0.29, 0.717) is 18.7 Å². The summed E-state index contributed by atoms with van der Waals surface area (Å²) in [5, 5.41) is 18.5. The number of carboxylic acids is 1. The highest BCUT2D eigenvalue weighted by Gasteiger charge is 2.25. The Labute approximate surface area is 117 Å². The van der Waals surface area contributed by atoms with Gasteiger partial charge in [-0.1, -0.05) is 18.2 Å². The zero-order valence-corrected chi connectivity index (χ0v) is 11.3. The summed E-state index contributed by atoms with van der Waals surface area (Å²) in [6, 6.07) is 6.79. The molecule has 1 aliphatic rings. The fraction of sp³-hybridized carbons (Fsp3) is 0.467. The van der Waals surface area contributed by atoms with Crippen LogP contribution in [0.15, 0.2) is 24.3 Å². The molecule has 1 amide bonds. The molecule has 1 aromatic rings. The first-order valence-electron chi connectivity index (χ1n) is 6.82. The quantitative estimate of drug-likeness (QED) is 0.877. The van der Waals surface area contributed by atoms with Crippen molar-refractivity contribution in [1.82, 2.24) is 4.90 Å². The first kappa shape index (κ1) is 14.4. The van der Waals surface area contributed by atoms with E-state index in [1.807, 2.05) is 0 Å². The smallest absolute Gasteiger partial charge is 0.303 e. The van der Waals surface area contributed by atoms with E-state index in [4.69, 9.17) is 5.11 Å². The van der Waals surface area contributed by atoms with E-state index in [9.17, 15) is 14.7 Å². The Morgan fingerprint density at radius 2 is 2.05 bits per heavy atom. The van der Waals surface area contributed by atoms with Crippen molar-refractivity contribution in [2.45, 2.75) is 25.7 Å². The van der Waals surface area contributed by atoms with E-state index in [0.717, 1.165) is 12.8 Å². The number of likely N-dealkylation sites (tertiary alicyclic amines) is 1. The molecule has 1 atom stereocenters. The maximum atomic E-state index is 12.2. The van der Waals surface area contributed by atoms with Gasteiger partial charge in [0, 0.05) is 25.1 Å². The predicted molar refractivity (Wildman–Crippen MR) is 73.4 cm³/mol. The molecule has 1 aliphatic heterocycles. The Hall–Kier alpha value is -2.04. The fourth-order valence-corrected chi connectivity index (χ4v) is 2.64. The van der Waals surface area contributed by atoms with Gasteiger partial charge in [0.05, 0.1) is 6.42 Å². The lowest BCUT2D eigenvalue weighted by Gasteiger charge is -2.32. The van der Waals surface area contributed by atoms with Crippen molar-refractivity contribution in [2.75, 3.05) is 13.1 Å². The van der Waals surface area contributed by atoms with Crippen molar-refractivity contribution in [3.8, 4) is 5.75 Å². The molecule has 1 aromatic carbocycles. The van der Waals surface area contributed by atoms with Crippen LogP contribution in [-0.2, 0) is 16.0 Å². The minimum atomic E-state index is -0.815. The van der Waals surface area contributed by atoms with E-state index in [-0.39, 0.29) is 30.4 Å². The monoisotopic (exact) mass is 277 g/mol. The fourth-order valence-electron chi connectivity index (χ4n) is 2.64. The molecule has 20 heavy (non-hydrogen) atoms. The number of carbonyl (C=O) groups excluding carboxylic acids is 1. The van der Waals surface area contributed by atoms with Crippen LogP contribution >= 0.6 is 0 Å². The van der Waals surface area contributed by atoms with Crippen molar-refractivity contribution < 1.29 is 19.8 Å². The van der Waals surface area contributed by atoms with Gasteiger partial charge in [-0.05, 0) is 24.8 Å².